The average molecular weight is 293 g/mol. The van der Waals surface area contributed by atoms with Crippen LogP contribution >= 0.6 is 11.3 Å². The molecule has 2 heterocycles. The normalized spacial score (nSPS) is 15.7. The number of aliphatic hydroxyl groups is 1. The molecule has 0 radical (unpaired) electrons. The molecule has 0 aliphatic heterocycles. The van der Waals surface area contributed by atoms with Crippen LogP contribution in [0.4, 0.5) is 0 Å². The van der Waals surface area contributed by atoms with Crippen LogP contribution in [0.25, 0.3) is 10.8 Å². The summed E-state index contributed by atoms with van der Waals surface area (Å²) in [5.41, 5.74) is 0. The van der Waals surface area contributed by atoms with E-state index in [1.54, 1.807) is 11.3 Å². The van der Waals surface area contributed by atoms with Crippen molar-refractivity contribution in [3.8, 4) is 10.8 Å². The van der Waals surface area contributed by atoms with Gasteiger partial charge in [0.15, 0.2) is 0 Å². The lowest BCUT2D eigenvalue weighted by Gasteiger charge is -2.36. The number of hydrogen-bond donors (Lipinski definition) is 1. The van der Waals surface area contributed by atoms with Crippen molar-refractivity contribution in [2.75, 3.05) is 13.2 Å². The molecule has 5 nitrogen and oxygen atoms in total. The number of thiophene rings is 1. The second-order valence-electron chi connectivity index (χ2n) is 5.11. The molecule has 6 heteroatoms. The molecule has 2 aromatic heterocycles. The summed E-state index contributed by atoms with van der Waals surface area (Å²) in [7, 11) is 0. The Kier molecular flexibility index (Phi) is 4.44. The molecule has 0 saturated heterocycles. The Morgan fingerprint density at radius 2 is 2.30 bits per heavy atom. The van der Waals surface area contributed by atoms with Gasteiger partial charge in [0.25, 0.3) is 5.89 Å². The first kappa shape index (κ1) is 13.7. The van der Waals surface area contributed by atoms with Crippen LogP contribution in [0.5, 0.6) is 0 Å². The van der Waals surface area contributed by atoms with Gasteiger partial charge in [-0.1, -0.05) is 12.5 Å². The van der Waals surface area contributed by atoms with E-state index in [0.29, 0.717) is 24.4 Å². The van der Waals surface area contributed by atoms with Crippen LogP contribution in [-0.4, -0.2) is 39.4 Å². The summed E-state index contributed by atoms with van der Waals surface area (Å²) in [5, 5.41) is 19.3. The molecule has 20 heavy (non-hydrogen) atoms. The Labute approximate surface area is 122 Å². The van der Waals surface area contributed by atoms with Gasteiger partial charge in [-0.3, -0.25) is 4.90 Å². The lowest BCUT2D eigenvalue weighted by Crippen LogP contribution is -2.40. The second kappa shape index (κ2) is 6.47. The molecule has 1 aliphatic carbocycles. The first-order chi connectivity index (χ1) is 9.86. The first-order valence-corrected chi connectivity index (χ1v) is 7.96. The maximum absolute atomic E-state index is 9.01. The van der Waals surface area contributed by atoms with Gasteiger partial charge in [0.1, 0.15) is 0 Å². The highest BCUT2D eigenvalue weighted by molar-refractivity contribution is 7.13. The fourth-order valence-corrected chi connectivity index (χ4v) is 3.05. The molecule has 0 aromatic carbocycles. The van der Waals surface area contributed by atoms with Gasteiger partial charge in [0.05, 0.1) is 11.4 Å². The minimum atomic E-state index is 0.230. The lowest BCUT2D eigenvalue weighted by atomic mass is 9.91. The topological polar surface area (TPSA) is 62.4 Å². The molecule has 1 saturated carbocycles. The molecule has 1 aliphatic rings. The quantitative estimate of drug-likeness (QED) is 0.850. The van der Waals surface area contributed by atoms with E-state index in [1.165, 1.54) is 19.3 Å². The van der Waals surface area contributed by atoms with Gasteiger partial charge in [-0.25, -0.2) is 0 Å². The molecular formula is C14H19N3O2S. The van der Waals surface area contributed by atoms with Gasteiger partial charge in [0.2, 0.25) is 5.89 Å². The molecule has 0 spiro atoms. The number of aromatic nitrogens is 2. The molecule has 3 rings (SSSR count). The van der Waals surface area contributed by atoms with Crippen LogP contribution < -0.4 is 0 Å². The smallest absolute Gasteiger partial charge is 0.257 e. The van der Waals surface area contributed by atoms with Crippen LogP contribution in [0.1, 0.15) is 31.6 Å². The summed E-state index contributed by atoms with van der Waals surface area (Å²) >= 11 is 1.60. The van der Waals surface area contributed by atoms with Crippen molar-refractivity contribution in [1.29, 1.82) is 0 Å². The fourth-order valence-electron chi connectivity index (χ4n) is 2.41. The lowest BCUT2D eigenvalue weighted by molar-refractivity contribution is 0.0998. The zero-order chi connectivity index (χ0) is 13.8. The van der Waals surface area contributed by atoms with Crippen molar-refractivity contribution < 1.29 is 9.52 Å². The van der Waals surface area contributed by atoms with Crippen molar-refractivity contribution in [1.82, 2.24) is 15.1 Å². The third kappa shape index (κ3) is 3.08. The van der Waals surface area contributed by atoms with Crippen LogP contribution in [0.3, 0.4) is 0 Å². The summed E-state index contributed by atoms with van der Waals surface area (Å²) in [6.07, 6.45) is 4.56. The standard InChI is InChI=1S/C14H19N3O2S/c18-8-3-7-17(11-4-1-5-11)10-13-15-16-14(19-13)12-6-2-9-20-12/h2,6,9,11,18H,1,3-5,7-8,10H2. The molecule has 108 valence electrons. The summed E-state index contributed by atoms with van der Waals surface area (Å²) in [5.74, 6) is 1.27. The molecule has 2 aromatic rings. The first-order valence-electron chi connectivity index (χ1n) is 7.08. The van der Waals surface area contributed by atoms with Gasteiger partial charge in [-0.2, -0.15) is 0 Å². The zero-order valence-electron chi connectivity index (χ0n) is 11.4. The molecule has 1 fully saturated rings. The van der Waals surface area contributed by atoms with Crippen molar-refractivity contribution in [2.24, 2.45) is 0 Å². The number of rotatable bonds is 7. The summed E-state index contributed by atoms with van der Waals surface area (Å²) in [4.78, 5) is 3.36. The van der Waals surface area contributed by atoms with Gasteiger partial charge < -0.3 is 9.52 Å². The third-order valence-corrected chi connectivity index (χ3v) is 4.59. The molecule has 1 N–H and O–H groups in total. The Hall–Kier alpha value is -1.24. The minimum Gasteiger partial charge on any atom is -0.419 e. The van der Waals surface area contributed by atoms with Crippen LogP contribution in [0.2, 0.25) is 0 Å². The zero-order valence-corrected chi connectivity index (χ0v) is 12.2. The van der Waals surface area contributed by atoms with Crippen molar-refractivity contribution in [3.05, 3.63) is 23.4 Å². The largest absolute Gasteiger partial charge is 0.419 e. The van der Waals surface area contributed by atoms with E-state index in [1.807, 2.05) is 17.5 Å². The minimum absolute atomic E-state index is 0.230. The maximum atomic E-state index is 9.01. The van der Waals surface area contributed by atoms with E-state index in [9.17, 15) is 0 Å². The Bertz CT molecular complexity index is 522. The number of aliphatic hydroxyl groups excluding tert-OH is 1. The van der Waals surface area contributed by atoms with Crippen molar-refractivity contribution in [2.45, 2.75) is 38.3 Å². The van der Waals surface area contributed by atoms with Crippen LogP contribution in [0.15, 0.2) is 21.9 Å². The predicted octanol–water partition coefficient (Wildman–Crippen LogP) is 2.54. The van der Waals surface area contributed by atoms with Crippen LogP contribution in [0, 0.1) is 0 Å². The molecule has 0 atom stereocenters. The SMILES string of the molecule is OCCCN(Cc1nnc(-c2cccs2)o1)C1CCC1. The van der Waals surface area contributed by atoms with E-state index in [-0.39, 0.29) is 6.61 Å². The Balaban J connectivity index is 1.65. The van der Waals surface area contributed by atoms with E-state index in [2.05, 4.69) is 15.1 Å². The summed E-state index contributed by atoms with van der Waals surface area (Å²) in [6, 6.07) is 4.57. The predicted molar refractivity (Wildman–Crippen MR) is 77.4 cm³/mol. The maximum Gasteiger partial charge on any atom is 0.257 e. The summed E-state index contributed by atoms with van der Waals surface area (Å²) in [6.45, 7) is 1.80. The van der Waals surface area contributed by atoms with E-state index in [0.717, 1.165) is 17.8 Å². The molecule has 0 bridgehead atoms. The number of nitrogens with zero attached hydrogens (tertiary/aromatic N) is 3. The molecule has 0 unspecified atom stereocenters. The van der Waals surface area contributed by atoms with E-state index < -0.39 is 0 Å². The Morgan fingerprint density at radius 3 is 2.95 bits per heavy atom. The van der Waals surface area contributed by atoms with Gasteiger partial charge in [-0.15, -0.1) is 21.5 Å². The highest BCUT2D eigenvalue weighted by Crippen LogP contribution is 2.27. The average Bonchev–Trinajstić information content (AvgIpc) is 3.04. The van der Waals surface area contributed by atoms with Crippen molar-refractivity contribution >= 4 is 11.3 Å². The highest BCUT2D eigenvalue weighted by atomic mass is 32.1. The van der Waals surface area contributed by atoms with Crippen LogP contribution in [-0.2, 0) is 6.54 Å². The fraction of sp³-hybridized carbons (Fsp3) is 0.571. The van der Waals surface area contributed by atoms with Gasteiger partial charge >= 0.3 is 0 Å². The second-order valence-corrected chi connectivity index (χ2v) is 6.06. The van der Waals surface area contributed by atoms with Crippen molar-refractivity contribution in [3.63, 3.8) is 0 Å². The molecule has 0 amide bonds. The monoisotopic (exact) mass is 293 g/mol. The van der Waals surface area contributed by atoms with Gasteiger partial charge in [0, 0.05) is 19.2 Å². The number of hydrogen-bond acceptors (Lipinski definition) is 6. The van der Waals surface area contributed by atoms with E-state index >= 15 is 0 Å². The summed E-state index contributed by atoms with van der Waals surface area (Å²) < 4.78 is 5.74. The molecular weight excluding hydrogens is 274 g/mol. The Morgan fingerprint density at radius 1 is 1.40 bits per heavy atom. The van der Waals surface area contributed by atoms with Gasteiger partial charge in [-0.05, 0) is 30.7 Å². The van der Waals surface area contributed by atoms with E-state index in [4.69, 9.17) is 9.52 Å². The third-order valence-electron chi connectivity index (χ3n) is 3.73. The highest BCUT2D eigenvalue weighted by Gasteiger charge is 2.26.